The zero-order valence-corrected chi connectivity index (χ0v) is 21.2. The van der Waals surface area contributed by atoms with Gasteiger partial charge in [0.25, 0.3) is 0 Å². The van der Waals surface area contributed by atoms with E-state index in [1.807, 2.05) is 12.1 Å². The molecule has 0 aromatic heterocycles. The zero-order chi connectivity index (χ0) is 26.6. The predicted molar refractivity (Wildman–Crippen MR) is 131 cm³/mol. The number of esters is 4. The van der Waals surface area contributed by atoms with Crippen molar-refractivity contribution in [2.75, 3.05) is 13.2 Å². The summed E-state index contributed by atoms with van der Waals surface area (Å²) in [5, 5.41) is 0. The SMILES string of the molecule is CCOC(=O)C(C(=O)OCC)(C(C)C)C(CC(=O)OCc1ccccc1)C(=O)OCc1ccccc1. The summed E-state index contributed by atoms with van der Waals surface area (Å²) in [5.41, 5.74) is -0.649. The van der Waals surface area contributed by atoms with Crippen LogP contribution in [0.1, 0.15) is 45.2 Å². The van der Waals surface area contributed by atoms with Crippen LogP contribution < -0.4 is 0 Å². The third-order valence-corrected chi connectivity index (χ3v) is 5.81. The molecule has 0 aliphatic rings. The molecule has 0 saturated carbocycles. The fraction of sp³-hybridized carbons (Fsp3) is 0.429. The van der Waals surface area contributed by atoms with E-state index < -0.39 is 47.5 Å². The molecule has 1 atom stereocenters. The van der Waals surface area contributed by atoms with Gasteiger partial charge in [0.05, 0.1) is 25.6 Å². The molecule has 36 heavy (non-hydrogen) atoms. The third kappa shape index (κ3) is 7.16. The number of rotatable bonds is 13. The minimum absolute atomic E-state index is 0.0288. The molecule has 0 heterocycles. The highest BCUT2D eigenvalue weighted by molar-refractivity contribution is 6.05. The minimum atomic E-state index is -2.11. The first-order valence-electron chi connectivity index (χ1n) is 12.0. The van der Waals surface area contributed by atoms with Gasteiger partial charge in [-0.05, 0) is 30.9 Å². The number of hydrogen-bond acceptors (Lipinski definition) is 8. The number of hydrogen-bond donors (Lipinski definition) is 0. The molecule has 0 radical (unpaired) electrons. The first-order valence-corrected chi connectivity index (χ1v) is 12.0. The van der Waals surface area contributed by atoms with E-state index in [9.17, 15) is 19.2 Å². The Morgan fingerprint density at radius 3 is 1.56 bits per heavy atom. The van der Waals surface area contributed by atoms with Gasteiger partial charge in [-0.25, -0.2) is 0 Å². The van der Waals surface area contributed by atoms with Gasteiger partial charge >= 0.3 is 23.9 Å². The Hall–Kier alpha value is -3.68. The van der Waals surface area contributed by atoms with Gasteiger partial charge in [0.2, 0.25) is 0 Å². The van der Waals surface area contributed by atoms with Crippen molar-refractivity contribution < 1.29 is 38.1 Å². The van der Waals surface area contributed by atoms with Crippen LogP contribution in [0.4, 0.5) is 0 Å². The van der Waals surface area contributed by atoms with Crippen LogP contribution in [0.25, 0.3) is 0 Å². The summed E-state index contributed by atoms with van der Waals surface area (Å²) in [7, 11) is 0. The summed E-state index contributed by atoms with van der Waals surface area (Å²) in [6, 6.07) is 17.9. The Morgan fingerprint density at radius 2 is 1.14 bits per heavy atom. The summed E-state index contributed by atoms with van der Waals surface area (Å²) in [6.07, 6.45) is -0.573. The molecular weight excluding hydrogens is 464 g/mol. The van der Waals surface area contributed by atoms with E-state index in [1.54, 1.807) is 76.2 Å². The molecule has 2 aromatic carbocycles. The van der Waals surface area contributed by atoms with Crippen molar-refractivity contribution in [3.8, 4) is 0 Å². The first-order chi connectivity index (χ1) is 17.3. The van der Waals surface area contributed by atoms with Crippen LogP contribution in [0.15, 0.2) is 60.7 Å². The van der Waals surface area contributed by atoms with Crippen LogP contribution in [-0.2, 0) is 51.3 Å². The van der Waals surface area contributed by atoms with Gasteiger partial charge in [-0.3, -0.25) is 19.2 Å². The predicted octanol–water partition coefficient (Wildman–Crippen LogP) is 4.25. The Labute approximate surface area is 211 Å². The van der Waals surface area contributed by atoms with Crippen LogP contribution in [-0.4, -0.2) is 37.1 Å². The van der Waals surface area contributed by atoms with E-state index in [0.29, 0.717) is 5.56 Å². The third-order valence-electron chi connectivity index (χ3n) is 5.81. The second kappa shape index (κ2) is 14.0. The van der Waals surface area contributed by atoms with E-state index in [0.717, 1.165) is 5.56 Å². The Morgan fingerprint density at radius 1 is 0.694 bits per heavy atom. The van der Waals surface area contributed by atoms with E-state index in [1.165, 1.54) is 0 Å². The zero-order valence-electron chi connectivity index (χ0n) is 21.2. The average Bonchev–Trinajstić information content (AvgIpc) is 2.87. The lowest BCUT2D eigenvalue weighted by molar-refractivity contribution is -0.190. The summed E-state index contributed by atoms with van der Waals surface area (Å²) in [4.78, 5) is 53.0. The number of ether oxygens (including phenoxy) is 4. The molecule has 0 saturated heterocycles. The smallest absolute Gasteiger partial charge is 0.324 e. The molecule has 0 N–H and O–H groups in total. The standard InChI is InChI=1S/C28H34O8/c1-5-33-26(31)28(20(3)4,27(32)34-6-2)23(25(30)36-19-22-15-11-8-12-16-22)17-24(29)35-18-21-13-9-7-10-14-21/h7-16,20,23H,5-6,17-19H2,1-4H3. The molecule has 8 heteroatoms. The van der Waals surface area contributed by atoms with Crippen molar-refractivity contribution in [1.29, 1.82) is 0 Å². The van der Waals surface area contributed by atoms with Crippen molar-refractivity contribution in [1.82, 2.24) is 0 Å². The molecular formula is C28H34O8. The molecule has 0 amide bonds. The second-order valence-corrected chi connectivity index (χ2v) is 8.46. The molecule has 2 rings (SSSR count). The molecule has 1 unspecified atom stereocenters. The van der Waals surface area contributed by atoms with E-state index in [2.05, 4.69) is 0 Å². The number of carbonyl (C=O) groups is 4. The Balaban J connectivity index is 2.42. The van der Waals surface area contributed by atoms with E-state index >= 15 is 0 Å². The van der Waals surface area contributed by atoms with Crippen molar-refractivity contribution in [3.63, 3.8) is 0 Å². The van der Waals surface area contributed by atoms with Crippen LogP contribution in [0.5, 0.6) is 0 Å². The highest BCUT2D eigenvalue weighted by Gasteiger charge is 2.61. The summed E-state index contributed by atoms with van der Waals surface area (Å²) in [5.74, 6) is -5.84. The van der Waals surface area contributed by atoms with Gasteiger partial charge in [-0.15, -0.1) is 0 Å². The highest BCUT2D eigenvalue weighted by atomic mass is 16.6. The Bertz CT molecular complexity index is 983. The van der Waals surface area contributed by atoms with E-state index in [4.69, 9.17) is 18.9 Å². The molecule has 0 bridgehead atoms. The highest BCUT2D eigenvalue weighted by Crippen LogP contribution is 2.42. The lowest BCUT2D eigenvalue weighted by Gasteiger charge is -2.37. The topological polar surface area (TPSA) is 105 Å². The van der Waals surface area contributed by atoms with Crippen LogP contribution >= 0.6 is 0 Å². The molecule has 0 fully saturated rings. The van der Waals surface area contributed by atoms with Gasteiger partial charge in [-0.1, -0.05) is 74.5 Å². The fourth-order valence-electron chi connectivity index (χ4n) is 3.97. The molecule has 194 valence electrons. The van der Waals surface area contributed by atoms with Gasteiger partial charge in [0, 0.05) is 0 Å². The second-order valence-electron chi connectivity index (χ2n) is 8.46. The quantitative estimate of drug-likeness (QED) is 0.229. The maximum Gasteiger partial charge on any atom is 0.324 e. The molecule has 2 aromatic rings. The molecule has 0 aliphatic carbocycles. The van der Waals surface area contributed by atoms with Crippen LogP contribution in [0.2, 0.25) is 0 Å². The summed E-state index contributed by atoms with van der Waals surface area (Å²) >= 11 is 0. The fourth-order valence-corrected chi connectivity index (χ4v) is 3.97. The number of benzene rings is 2. The van der Waals surface area contributed by atoms with Crippen molar-refractivity contribution >= 4 is 23.9 Å². The normalized spacial score (nSPS) is 11.9. The van der Waals surface area contributed by atoms with Crippen molar-refractivity contribution in [2.45, 2.75) is 47.3 Å². The van der Waals surface area contributed by atoms with Gasteiger partial charge in [-0.2, -0.15) is 0 Å². The first kappa shape index (κ1) is 28.6. The van der Waals surface area contributed by atoms with E-state index in [-0.39, 0.29) is 26.4 Å². The Kier molecular flexibility index (Phi) is 11.1. The number of carbonyl (C=O) groups excluding carboxylic acids is 4. The van der Waals surface area contributed by atoms with Crippen molar-refractivity contribution in [2.24, 2.45) is 17.3 Å². The molecule has 8 nitrogen and oxygen atoms in total. The van der Waals surface area contributed by atoms with Gasteiger partial charge in [0.15, 0.2) is 5.41 Å². The average molecular weight is 499 g/mol. The largest absolute Gasteiger partial charge is 0.465 e. The summed E-state index contributed by atoms with van der Waals surface area (Å²) in [6.45, 7) is 6.18. The monoisotopic (exact) mass is 498 g/mol. The lowest BCUT2D eigenvalue weighted by Crippen LogP contribution is -2.55. The maximum atomic E-state index is 13.4. The minimum Gasteiger partial charge on any atom is -0.465 e. The molecule has 0 aliphatic heterocycles. The van der Waals surface area contributed by atoms with Gasteiger partial charge < -0.3 is 18.9 Å². The van der Waals surface area contributed by atoms with Crippen molar-refractivity contribution in [3.05, 3.63) is 71.8 Å². The molecule has 0 spiro atoms. The van der Waals surface area contributed by atoms with Gasteiger partial charge in [0.1, 0.15) is 13.2 Å². The lowest BCUT2D eigenvalue weighted by atomic mass is 9.66. The van der Waals surface area contributed by atoms with Crippen LogP contribution in [0, 0.1) is 17.3 Å². The van der Waals surface area contributed by atoms with Crippen LogP contribution in [0.3, 0.4) is 0 Å². The summed E-state index contributed by atoms with van der Waals surface area (Å²) < 4.78 is 21.4. The maximum absolute atomic E-state index is 13.4.